The second kappa shape index (κ2) is 14.0. The molecule has 0 aliphatic rings. The van der Waals surface area contributed by atoms with Crippen LogP contribution in [-0.2, 0) is 19.6 Å². The van der Waals surface area contributed by atoms with Gasteiger partial charge in [-0.3, -0.25) is 9.78 Å². The van der Waals surface area contributed by atoms with Gasteiger partial charge in [0.25, 0.3) is 0 Å². The van der Waals surface area contributed by atoms with Crippen LogP contribution in [0, 0.1) is 5.92 Å². The predicted octanol–water partition coefficient (Wildman–Crippen LogP) is 5.80. The molecule has 2 aromatic carbocycles. The van der Waals surface area contributed by atoms with E-state index in [9.17, 15) is 9.59 Å². The molecule has 1 atom stereocenters. The number of rotatable bonds is 15. The van der Waals surface area contributed by atoms with Crippen molar-refractivity contribution in [3.8, 4) is 0 Å². The van der Waals surface area contributed by atoms with Crippen molar-refractivity contribution in [2.45, 2.75) is 46.1 Å². The number of carbonyl (C=O) groups is 2. The first-order chi connectivity index (χ1) is 18.0. The summed E-state index contributed by atoms with van der Waals surface area (Å²) in [4.78, 5) is 45.7. The monoisotopic (exact) mass is 550 g/mol. The lowest BCUT2D eigenvalue weighted by atomic mass is 10.1. The lowest BCUT2D eigenvalue weighted by Gasteiger charge is -2.20. The summed E-state index contributed by atoms with van der Waals surface area (Å²) >= 11 is 0. The predicted molar refractivity (Wildman–Crippen MR) is 157 cm³/mol. The van der Waals surface area contributed by atoms with Crippen LogP contribution in [0.15, 0.2) is 97.6 Å². The van der Waals surface area contributed by atoms with Gasteiger partial charge in [0, 0.05) is 6.42 Å². The maximum atomic E-state index is 12.6. The summed E-state index contributed by atoms with van der Waals surface area (Å²) in [6.45, 7) is 23.9. The zero-order valence-electron chi connectivity index (χ0n) is 22.8. The van der Waals surface area contributed by atoms with Crippen molar-refractivity contribution in [2.24, 2.45) is 5.92 Å². The molecule has 0 N–H and O–H groups in total. The first kappa shape index (κ1) is 30.9. The van der Waals surface area contributed by atoms with Gasteiger partial charge in [-0.15, -0.1) is 36.1 Å². The van der Waals surface area contributed by atoms with Crippen LogP contribution in [0.3, 0.4) is 0 Å². The van der Waals surface area contributed by atoms with Crippen LogP contribution >= 0.6 is 0 Å². The number of hydrogen-bond donors (Lipinski definition) is 0. The fourth-order valence-corrected chi connectivity index (χ4v) is 6.50. The van der Waals surface area contributed by atoms with Crippen molar-refractivity contribution in [1.29, 1.82) is 0 Å². The Kier molecular flexibility index (Phi) is 11.4. The van der Waals surface area contributed by atoms with Crippen LogP contribution in [-0.4, -0.2) is 34.4 Å². The minimum Gasteiger partial charge on any atom is -0.290 e. The van der Waals surface area contributed by atoms with Gasteiger partial charge in [0.1, 0.15) is 16.1 Å². The number of benzene rings is 2. The van der Waals surface area contributed by atoms with E-state index in [1.54, 1.807) is 24.3 Å². The Bertz CT molecular complexity index is 1040. The first-order valence-corrected chi connectivity index (χ1v) is 17.9. The number of carbonyl (C=O) groups excluding carboxylic acids is 2. The molecule has 0 spiro atoms. The van der Waals surface area contributed by atoms with Gasteiger partial charge < -0.3 is 0 Å². The highest BCUT2D eigenvalue weighted by Crippen LogP contribution is 2.17. The molecule has 2 rings (SSSR count). The lowest BCUT2D eigenvalue weighted by Crippen LogP contribution is -2.40. The largest absolute Gasteiger partial charge is 0.373 e. The molecule has 0 heterocycles. The molecule has 202 valence electrons. The standard InChI is InChI=1S/C30H38O6Si2/c1-9-23(6)22-28(33-35-29(31)24-14-18-26(19-15-24)37(7,10-2)11-3)34-36-30(32)25-16-20-27(21-17-25)38(8,12-4)13-5/h10-21,23,28H,2-5,9,22H2,1,6-8H3. The van der Waals surface area contributed by atoms with Gasteiger partial charge in [0.2, 0.25) is 6.29 Å². The summed E-state index contributed by atoms with van der Waals surface area (Å²) in [5, 5.41) is 2.14. The van der Waals surface area contributed by atoms with Gasteiger partial charge in [-0.25, -0.2) is 9.59 Å². The van der Waals surface area contributed by atoms with Gasteiger partial charge in [-0.2, -0.15) is 0 Å². The van der Waals surface area contributed by atoms with E-state index in [1.807, 2.05) is 60.9 Å². The second-order valence-electron chi connectivity index (χ2n) is 9.65. The third-order valence-corrected chi connectivity index (χ3v) is 13.5. The van der Waals surface area contributed by atoms with Gasteiger partial charge in [0.05, 0.1) is 11.1 Å². The zero-order chi connectivity index (χ0) is 28.3. The molecule has 0 aliphatic carbocycles. The van der Waals surface area contributed by atoms with Gasteiger partial charge >= 0.3 is 11.9 Å². The molecule has 0 saturated carbocycles. The minimum atomic E-state index is -1.99. The highest BCUT2D eigenvalue weighted by molar-refractivity contribution is 6.99. The van der Waals surface area contributed by atoms with E-state index in [0.717, 1.165) is 16.8 Å². The summed E-state index contributed by atoms with van der Waals surface area (Å²) in [7, 11) is -3.97. The van der Waals surface area contributed by atoms with Crippen LogP contribution in [0.2, 0.25) is 13.1 Å². The Balaban J connectivity index is 2.03. The average molecular weight is 551 g/mol. The first-order valence-electron chi connectivity index (χ1n) is 12.6. The molecule has 2 aromatic rings. The van der Waals surface area contributed by atoms with Crippen molar-refractivity contribution >= 4 is 38.5 Å². The van der Waals surface area contributed by atoms with E-state index in [0.29, 0.717) is 17.5 Å². The zero-order valence-corrected chi connectivity index (χ0v) is 24.8. The van der Waals surface area contributed by atoms with Crippen LogP contribution in [0.4, 0.5) is 0 Å². The normalized spacial score (nSPS) is 12.3. The fraction of sp³-hybridized carbons (Fsp3) is 0.267. The smallest absolute Gasteiger partial charge is 0.290 e. The second-order valence-corrected chi connectivity index (χ2v) is 17.6. The fourth-order valence-electron chi connectivity index (χ4n) is 3.45. The van der Waals surface area contributed by atoms with Crippen molar-refractivity contribution in [3.05, 3.63) is 109 Å². The van der Waals surface area contributed by atoms with Gasteiger partial charge in [-0.1, -0.05) is 90.8 Å². The van der Waals surface area contributed by atoms with E-state index in [1.165, 1.54) is 0 Å². The molecule has 38 heavy (non-hydrogen) atoms. The SMILES string of the molecule is C=C[Si](C)(C=C)c1ccc(C(=O)OOC(CC(C)CC)OOC(=O)c2ccc([Si](C)(C=C)C=C)cc2)cc1. The highest BCUT2D eigenvalue weighted by Gasteiger charge is 2.25. The van der Waals surface area contributed by atoms with Crippen LogP contribution < -0.4 is 10.4 Å². The molecule has 0 radical (unpaired) electrons. The summed E-state index contributed by atoms with van der Waals surface area (Å²) in [5.74, 6) is -1.21. The highest BCUT2D eigenvalue weighted by atomic mass is 28.3. The summed E-state index contributed by atoms with van der Waals surface area (Å²) in [6.07, 6.45) is 0.0875. The van der Waals surface area contributed by atoms with Crippen molar-refractivity contribution in [2.75, 3.05) is 0 Å². The van der Waals surface area contributed by atoms with E-state index in [-0.39, 0.29) is 5.92 Å². The van der Waals surface area contributed by atoms with Crippen molar-refractivity contribution in [1.82, 2.24) is 0 Å². The van der Waals surface area contributed by atoms with Crippen molar-refractivity contribution < 1.29 is 29.1 Å². The molecule has 0 saturated heterocycles. The Labute approximate surface area is 228 Å². The molecular weight excluding hydrogens is 512 g/mol. The minimum absolute atomic E-state index is 0.164. The number of hydrogen-bond acceptors (Lipinski definition) is 6. The molecule has 8 heteroatoms. The maximum Gasteiger partial charge on any atom is 0.373 e. The summed E-state index contributed by atoms with van der Waals surface area (Å²) in [5.41, 5.74) is 8.31. The van der Waals surface area contributed by atoms with E-state index >= 15 is 0 Å². The van der Waals surface area contributed by atoms with Crippen LogP contribution in [0.1, 0.15) is 47.4 Å². The third kappa shape index (κ3) is 7.85. The molecule has 0 fully saturated rings. The van der Waals surface area contributed by atoms with E-state index < -0.39 is 34.4 Å². The Hall–Kier alpha value is -3.31. The van der Waals surface area contributed by atoms with Crippen LogP contribution in [0.25, 0.3) is 0 Å². The average Bonchev–Trinajstić information content (AvgIpc) is 2.97. The van der Waals surface area contributed by atoms with Gasteiger partial charge in [-0.05, 0) is 30.2 Å². The Morgan fingerprint density at radius 2 is 1.08 bits per heavy atom. The molecule has 0 bridgehead atoms. The maximum absolute atomic E-state index is 12.6. The molecule has 1 unspecified atom stereocenters. The van der Waals surface area contributed by atoms with E-state index in [2.05, 4.69) is 39.4 Å². The lowest BCUT2D eigenvalue weighted by molar-refractivity contribution is -0.423. The Morgan fingerprint density at radius 1 is 0.737 bits per heavy atom. The van der Waals surface area contributed by atoms with Gasteiger partial charge in [0.15, 0.2) is 0 Å². The van der Waals surface area contributed by atoms with E-state index in [4.69, 9.17) is 19.6 Å². The molecule has 0 aliphatic heterocycles. The molecule has 0 aromatic heterocycles. The van der Waals surface area contributed by atoms with Crippen LogP contribution in [0.5, 0.6) is 0 Å². The molecule has 6 nitrogen and oxygen atoms in total. The summed E-state index contributed by atoms with van der Waals surface area (Å²) < 4.78 is 0. The Morgan fingerprint density at radius 3 is 1.37 bits per heavy atom. The molecule has 0 amide bonds. The molecular formula is C30H38O6Si2. The topological polar surface area (TPSA) is 71.1 Å². The summed E-state index contributed by atoms with van der Waals surface area (Å²) in [6, 6.07) is 14.1. The third-order valence-electron chi connectivity index (χ3n) is 6.94. The van der Waals surface area contributed by atoms with Crippen molar-refractivity contribution in [3.63, 3.8) is 0 Å². The quantitative estimate of drug-likeness (QED) is 0.121.